The van der Waals surface area contributed by atoms with Crippen LogP contribution in [-0.4, -0.2) is 168 Å². The molecule has 0 N–H and O–H groups in total. The van der Waals surface area contributed by atoms with E-state index in [-0.39, 0.29) is 74.0 Å². The maximum absolute atomic E-state index is 13.3. The molecule has 0 fully saturated rings. The first-order valence-corrected chi connectivity index (χ1v) is 60.7. The Kier molecular flexibility index (Phi) is 93.3. The van der Waals surface area contributed by atoms with Gasteiger partial charge in [0.1, 0.15) is 24.4 Å². The molecular weight excluding hydrogens is 1600 g/mol. The van der Waals surface area contributed by atoms with E-state index in [1.54, 1.807) is 43.2 Å². The first-order valence-electron chi connectivity index (χ1n) is 45.4. The fraction of sp³-hybridized carbons (Fsp3) is 0.954. The van der Waals surface area contributed by atoms with Gasteiger partial charge >= 0.3 is 23.9 Å². The predicted octanol–water partition coefficient (Wildman–Crippen LogP) is 30.5. The molecule has 0 spiro atoms. The molecule has 0 aliphatic carbocycles. The fourth-order valence-electron chi connectivity index (χ4n) is 13.0. The summed E-state index contributed by atoms with van der Waals surface area (Å²) in [7, 11) is 24.2. The predicted molar refractivity (Wildman–Crippen MR) is 515 cm³/mol. The maximum Gasteiger partial charge on any atom is 0.307 e. The molecule has 0 rings (SSSR count). The third-order valence-electron chi connectivity index (χ3n) is 19.8. The van der Waals surface area contributed by atoms with E-state index in [1.807, 2.05) is 110 Å². The van der Waals surface area contributed by atoms with Gasteiger partial charge < -0.3 is 33.6 Å². The molecule has 0 saturated heterocycles. The molecule has 11 nitrogen and oxygen atoms in total. The van der Waals surface area contributed by atoms with Crippen molar-refractivity contribution in [2.24, 2.45) is 0 Å². The summed E-state index contributed by atoms with van der Waals surface area (Å²) in [6.45, 7) is 22.3. The third kappa shape index (κ3) is 87.8. The summed E-state index contributed by atoms with van der Waals surface area (Å²) in [6, 6.07) is 0. The minimum atomic E-state index is -0.197. The summed E-state index contributed by atoms with van der Waals surface area (Å²) in [6.07, 6.45) is 67.7. The highest BCUT2D eigenvalue weighted by Crippen LogP contribution is 2.39. The molecule has 110 heavy (non-hydrogen) atoms. The van der Waals surface area contributed by atoms with Crippen molar-refractivity contribution in [3.05, 3.63) is 0 Å². The highest BCUT2D eigenvalue weighted by molar-refractivity contribution is 9.10. The van der Waals surface area contributed by atoms with Crippen LogP contribution in [0.15, 0.2) is 0 Å². The van der Waals surface area contributed by atoms with Crippen LogP contribution in [0, 0.1) is 0 Å². The van der Waals surface area contributed by atoms with Gasteiger partial charge in [-0.25, -0.2) is 0 Å². The zero-order valence-corrected chi connectivity index (χ0v) is 82.1. The van der Waals surface area contributed by atoms with E-state index in [4.69, 9.17) is 18.9 Å². The van der Waals surface area contributed by atoms with E-state index in [9.17, 15) is 19.2 Å². The molecule has 23 heteroatoms. The summed E-state index contributed by atoms with van der Waals surface area (Å²) >= 11 is 0. The maximum atomic E-state index is 13.3. The second kappa shape index (κ2) is 91.7. The van der Waals surface area contributed by atoms with Crippen molar-refractivity contribution in [2.75, 3.05) is 105 Å². The van der Waals surface area contributed by atoms with Crippen LogP contribution >= 0.6 is 126 Å². The fourth-order valence-corrected chi connectivity index (χ4v) is 29.0. The quantitative estimate of drug-likeness (QED) is 0.0249. The van der Waals surface area contributed by atoms with Gasteiger partial charge in [0.05, 0.1) is 25.7 Å². The number of hydrogen-bond donors (Lipinski definition) is 0. The molecule has 0 aliphatic rings. The van der Waals surface area contributed by atoms with Gasteiger partial charge in [0, 0.05) is 72.2 Å². The van der Waals surface area contributed by atoms with Gasteiger partial charge in [-0.3, -0.25) is 19.2 Å². The van der Waals surface area contributed by atoms with Crippen LogP contribution in [0.25, 0.3) is 0 Å². The van der Waals surface area contributed by atoms with Crippen LogP contribution in [0.5, 0.6) is 0 Å². The van der Waals surface area contributed by atoms with Crippen LogP contribution in [-0.2, 0) is 38.1 Å². The number of nitrogens with zero attached hydrogens (tertiary/aromatic N) is 3. The van der Waals surface area contributed by atoms with Gasteiger partial charge in [-0.2, -0.15) is 0 Å². The lowest BCUT2D eigenvalue weighted by Crippen LogP contribution is -2.35. The minimum absolute atomic E-state index is 0.178. The molecular formula is C87H171N3O8S12. The Morgan fingerprint density at radius 2 is 0.400 bits per heavy atom. The van der Waals surface area contributed by atoms with Gasteiger partial charge in [-0.15, -0.1) is 0 Å². The van der Waals surface area contributed by atoms with Gasteiger partial charge in [0.15, 0.2) is 0 Å². The molecule has 0 aromatic heterocycles. The van der Waals surface area contributed by atoms with Crippen molar-refractivity contribution < 1.29 is 38.1 Å². The zero-order valence-electron chi connectivity index (χ0n) is 72.3. The van der Waals surface area contributed by atoms with Gasteiger partial charge in [-0.05, 0) is 139 Å². The van der Waals surface area contributed by atoms with Crippen LogP contribution in [0.3, 0.4) is 0 Å². The zero-order chi connectivity index (χ0) is 80.2. The molecule has 4 unspecified atom stereocenters. The van der Waals surface area contributed by atoms with Crippen molar-refractivity contribution in [2.45, 2.75) is 427 Å². The largest absolute Gasteiger partial charge is 0.462 e. The van der Waals surface area contributed by atoms with Gasteiger partial charge in [0.2, 0.25) is 0 Å². The van der Waals surface area contributed by atoms with Crippen molar-refractivity contribution in [3.8, 4) is 0 Å². The summed E-state index contributed by atoms with van der Waals surface area (Å²) in [4.78, 5) is 60.2. The second-order valence-electron chi connectivity index (χ2n) is 31.2. The highest BCUT2D eigenvalue weighted by atomic mass is 33.5. The Hall–Kier alpha value is 1.96. The Morgan fingerprint density at radius 1 is 0.227 bits per heavy atom. The van der Waals surface area contributed by atoms with E-state index in [0.717, 1.165) is 85.0 Å². The SMILES string of the molecule is CCCCCCCCCCCCCCSSSCC(C)OC(=O)CCN(CCCN(C)CCCN(CCC(=O)OC(C)CSSSCCCCCCCCCCCCCC)CCC(=O)OC(C)CSSSCCCCCCCCCCCCCC)CCC(=O)OC(C)CSSSCCCCCCCCCCCCCC. The Labute approximate surface area is 727 Å². The topological polar surface area (TPSA) is 115 Å². The number of carbonyl (C=O) groups excluding carboxylic acids is 4. The van der Waals surface area contributed by atoms with E-state index in [0.29, 0.717) is 26.2 Å². The average Bonchev–Trinajstić information content (AvgIpc) is 0.952. The molecule has 0 radical (unpaired) electrons. The van der Waals surface area contributed by atoms with Crippen molar-refractivity contribution in [1.29, 1.82) is 0 Å². The Balaban J connectivity index is 5.38. The average molecular weight is 1770 g/mol. The van der Waals surface area contributed by atoms with E-state index in [1.165, 1.54) is 308 Å². The molecule has 4 atom stereocenters. The highest BCUT2D eigenvalue weighted by Gasteiger charge is 2.20. The van der Waals surface area contributed by atoms with E-state index >= 15 is 0 Å². The first kappa shape index (κ1) is 112. The lowest BCUT2D eigenvalue weighted by Gasteiger charge is -2.25. The minimum Gasteiger partial charge on any atom is -0.462 e. The number of ether oxygens (including phenoxy) is 4. The molecule has 0 aliphatic heterocycles. The number of rotatable bonds is 92. The number of hydrogen-bond acceptors (Lipinski definition) is 23. The summed E-state index contributed by atoms with van der Waals surface area (Å²) < 4.78 is 23.7. The van der Waals surface area contributed by atoms with E-state index in [2.05, 4.69) is 49.4 Å². The third-order valence-corrected chi connectivity index (χ3v) is 37.7. The summed E-state index contributed by atoms with van der Waals surface area (Å²) in [5, 5.41) is 0. The normalized spacial score (nSPS) is 12.9. The van der Waals surface area contributed by atoms with Crippen molar-refractivity contribution in [3.63, 3.8) is 0 Å². The molecule has 0 amide bonds. The summed E-state index contributed by atoms with van der Waals surface area (Å²) in [5.74, 6) is 6.85. The number of unbranched alkanes of at least 4 members (excludes halogenated alkanes) is 44. The molecule has 0 bridgehead atoms. The smallest absolute Gasteiger partial charge is 0.307 e. The molecule has 0 aromatic carbocycles. The van der Waals surface area contributed by atoms with Crippen LogP contribution < -0.4 is 0 Å². The van der Waals surface area contributed by atoms with Crippen LogP contribution in [0.1, 0.15) is 402 Å². The van der Waals surface area contributed by atoms with Crippen LogP contribution in [0.2, 0.25) is 0 Å². The second-order valence-corrected chi connectivity index (χ2v) is 48.7. The molecule has 0 saturated carbocycles. The van der Waals surface area contributed by atoms with Crippen molar-refractivity contribution >= 4 is 150 Å². The summed E-state index contributed by atoms with van der Waals surface area (Å²) in [5.41, 5.74) is 0. The molecule has 0 heterocycles. The first-order chi connectivity index (χ1) is 53.8. The lowest BCUT2D eigenvalue weighted by atomic mass is 10.1. The lowest BCUT2D eigenvalue weighted by molar-refractivity contribution is -0.149. The number of esters is 4. The molecule has 654 valence electrons. The Bertz CT molecular complexity index is 1690. The van der Waals surface area contributed by atoms with Gasteiger partial charge in [0.25, 0.3) is 0 Å². The molecule has 0 aromatic rings. The van der Waals surface area contributed by atoms with Gasteiger partial charge in [-0.1, -0.05) is 397 Å². The standard InChI is InChI=1S/C87H171N3O8S12/c1-10-14-18-22-26-30-34-38-42-46-50-54-72-99-107-103-76-80(5)95-84(91)60-68-89(69-61-85(92)96-81(6)77-104-108-100-73-55-51-47-43-39-35-31-27-23-19-15-11-2)66-58-64-88(9)65-59-67-90(70-62-86(93)97-82(7)78-105-109-101-74-56-52-48-44-40-36-32-28-24-20-16-12-3)71-63-87(94)98-83(8)79-106-110-102-75-57-53-49-45-41-37-33-29-25-21-17-13-4/h80-83H,10-79H2,1-9H3. The monoisotopic (exact) mass is 1770 g/mol. The van der Waals surface area contributed by atoms with Crippen molar-refractivity contribution in [1.82, 2.24) is 14.7 Å². The number of carbonyl (C=O) groups is 4. The Morgan fingerprint density at radius 3 is 0.582 bits per heavy atom. The van der Waals surface area contributed by atoms with Crippen LogP contribution in [0.4, 0.5) is 0 Å². The van der Waals surface area contributed by atoms with E-state index < -0.39 is 0 Å².